The average Bonchev–Trinajstić information content (AvgIpc) is 2.88. The maximum atomic E-state index is 14.5. The van der Waals surface area contributed by atoms with Gasteiger partial charge >= 0.3 is 0 Å². The van der Waals surface area contributed by atoms with Gasteiger partial charge in [-0.15, -0.1) is 0 Å². The molecule has 6 aliphatic rings. The number of epoxide rings is 1. The molecule has 6 atom stereocenters. The van der Waals surface area contributed by atoms with Crippen LogP contribution in [0, 0.1) is 17.3 Å². The van der Waals surface area contributed by atoms with E-state index in [0.717, 1.165) is 51.4 Å². The van der Waals surface area contributed by atoms with Crippen LogP contribution in [0.3, 0.4) is 0 Å². The Morgan fingerprint density at radius 2 is 1.92 bits per heavy atom. The molecule has 0 radical (unpaired) electrons. The smallest absolute Gasteiger partial charge is 0.171 e. The van der Waals surface area contributed by atoms with Crippen LogP contribution in [0.25, 0.3) is 0 Å². The molecule has 0 aromatic carbocycles. The van der Waals surface area contributed by atoms with Gasteiger partial charge in [-0.25, -0.2) is 4.39 Å². The molecule has 1 unspecified atom stereocenters. The molecule has 0 amide bonds. The van der Waals surface area contributed by atoms with Crippen molar-refractivity contribution in [2.75, 3.05) is 13.2 Å². The first-order valence-corrected chi connectivity index (χ1v) is 9.85. The summed E-state index contributed by atoms with van der Waals surface area (Å²) in [6, 6.07) is 0. The van der Waals surface area contributed by atoms with Gasteiger partial charge in [0.1, 0.15) is 17.4 Å². The van der Waals surface area contributed by atoms with Crippen molar-refractivity contribution >= 4 is 0 Å². The summed E-state index contributed by atoms with van der Waals surface area (Å²) in [6.45, 7) is 3.62. The highest BCUT2D eigenvalue weighted by molar-refractivity contribution is 5.43. The first-order valence-electron chi connectivity index (χ1n) is 9.85. The van der Waals surface area contributed by atoms with Gasteiger partial charge in [0.25, 0.3) is 0 Å². The normalized spacial score (nSPS) is 56.9. The first kappa shape index (κ1) is 14.7. The maximum Gasteiger partial charge on any atom is 0.171 e. The Balaban J connectivity index is 1.36. The molecule has 4 aliphatic carbocycles. The lowest BCUT2D eigenvalue weighted by Gasteiger charge is -2.49. The summed E-state index contributed by atoms with van der Waals surface area (Å²) in [5.41, 5.74) is 1.27. The summed E-state index contributed by atoms with van der Waals surface area (Å²) in [7, 11) is 0. The van der Waals surface area contributed by atoms with Gasteiger partial charge in [0.15, 0.2) is 5.79 Å². The van der Waals surface area contributed by atoms with E-state index in [4.69, 9.17) is 14.2 Å². The van der Waals surface area contributed by atoms with Crippen molar-refractivity contribution in [1.29, 1.82) is 0 Å². The van der Waals surface area contributed by atoms with Crippen LogP contribution in [0.1, 0.15) is 58.3 Å². The summed E-state index contributed by atoms with van der Waals surface area (Å²) in [5.74, 6) is 0.673. The van der Waals surface area contributed by atoms with Crippen molar-refractivity contribution in [3.8, 4) is 0 Å². The number of halogens is 1. The van der Waals surface area contributed by atoms with Crippen LogP contribution in [0.5, 0.6) is 0 Å². The van der Waals surface area contributed by atoms with Gasteiger partial charge in [-0.05, 0) is 55.9 Å². The fraction of sp³-hybridized carbons (Fsp3) is 0.900. The second-order valence-electron chi connectivity index (χ2n) is 9.37. The number of fused-ring (bicyclic) bond motifs is 3. The van der Waals surface area contributed by atoms with Crippen LogP contribution in [0.15, 0.2) is 11.6 Å². The van der Waals surface area contributed by atoms with Crippen LogP contribution < -0.4 is 0 Å². The zero-order valence-electron chi connectivity index (χ0n) is 14.5. The molecular weight excluding hydrogens is 307 g/mol. The Hall–Kier alpha value is -0.450. The van der Waals surface area contributed by atoms with Gasteiger partial charge in [-0.3, -0.25) is 0 Å². The molecule has 2 heterocycles. The molecule has 2 saturated heterocycles. The molecule has 0 bridgehead atoms. The van der Waals surface area contributed by atoms with E-state index in [2.05, 4.69) is 13.0 Å². The molecule has 0 N–H and O–H groups in total. The minimum atomic E-state index is -0.625. The molecule has 0 aromatic heterocycles. The van der Waals surface area contributed by atoms with E-state index in [9.17, 15) is 4.39 Å². The summed E-state index contributed by atoms with van der Waals surface area (Å²) < 4.78 is 33.1. The van der Waals surface area contributed by atoms with Crippen molar-refractivity contribution in [1.82, 2.24) is 0 Å². The highest BCUT2D eigenvalue weighted by Gasteiger charge is 2.79. The molecule has 3 saturated carbocycles. The van der Waals surface area contributed by atoms with Gasteiger partial charge in [-0.2, -0.15) is 0 Å². The van der Waals surface area contributed by atoms with E-state index in [0.29, 0.717) is 25.0 Å². The Morgan fingerprint density at radius 3 is 2.75 bits per heavy atom. The van der Waals surface area contributed by atoms with Crippen LogP contribution in [0.2, 0.25) is 0 Å². The van der Waals surface area contributed by atoms with E-state index in [1.807, 2.05) is 0 Å². The lowest BCUT2D eigenvalue weighted by Crippen LogP contribution is -2.51. The molecule has 3 nitrogen and oxygen atoms in total. The third-order valence-electron chi connectivity index (χ3n) is 8.56. The van der Waals surface area contributed by atoms with E-state index in [1.54, 1.807) is 0 Å². The fourth-order valence-electron chi connectivity index (χ4n) is 7.27. The van der Waals surface area contributed by atoms with Gasteiger partial charge in [0.05, 0.1) is 13.2 Å². The summed E-state index contributed by atoms with van der Waals surface area (Å²) in [5, 5.41) is 0. The molecular formula is C20H27FO3. The van der Waals surface area contributed by atoms with Crippen molar-refractivity contribution < 1.29 is 18.6 Å². The minimum Gasteiger partial charge on any atom is -0.358 e. The molecule has 5 fully saturated rings. The van der Waals surface area contributed by atoms with Gasteiger partial charge in [0, 0.05) is 18.3 Å². The quantitative estimate of drug-likeness (QED) is 0.497. The minimum absolute atomic E-state index is 0.0562. The maximum absolute atomic E-state index is 14.5. The highest BCUT2D eigenvalue weighted by atomic mass is 19.1. The number of alkyl halides is 1. The summed E-state index contributed by atoms with van der Waals surface area (Å²) in [6.07, 6.45) is 9.53. The monoisotopic (exact) mass is 334 g/mol. The van der Waals surface area contributed by atoms with Gasteiger partial charge in [0.2, 0.25) is 0 Å². The second kappa shape index (κ2) is 4.27. The third kappa shape index (κ3) is 1.51. The standard InChI is InChI=1S/C20H27FO3/c1-17-6-5-15-13(14(17)2-3-16(17)21)4-7-18-12-19(22-10-11-23-19)8-9-20(15,18)24-18/h5,13-14,16H,2-4,6-12H2,1H3/t13-,14-,16+,17-,18?,20+/m0/s1. The Kier molecular flexibility index (Phi) is 2.61. The zero-order valence-corrected chi connectivity index (χ0v) is 14.5. The van der Waals surface area contributed by atoms with E-state index in [-0.39, 0.29) is 22.4 Å². The van der Waals surface area contributed by atoms with Crippen molar-refractivity contribution in [2.45, 2.75) is 81.5 Å². The van der Waals surface area contributed by atoms with Crippen LogP contribution in [-0.2, 0) is 14.2 Å². The molecule has 6 rings (SSSR count). The highest BCUT2D eigenvalue weighted by Crippen LogP contribution is 2.73. The van der Waals surface area contributed by atoms with Gasteiger partial charge in [-0.1, -0.05) is 13.0 Å². The predicted molar refractivity (Wildman–Crippen MR) is 86.2 cm³/mol. The topological polar surface area (TPSA) is 31.0 Å². The molecule has 24 heavy (non-hydrogen) atoms. The number of hydrogen-bond acceptors (Lipinski definition) is 3. The van der Waals surface area contributed by atoms with Crippen molar-refractivity contribution in [3.63, 3.8) is 0 Å². The Labute approximate surface area is 142 Å². The largest absolute Gasteiger partial charge is 0.358 e. The molecule has 2 aliphatic heterocycles. The predicted octanol–water partition coefficient (Wildman–Crippen LogP) is 3.92. The van der Waals surface area contributed by atoms with E-state index in [1.165, 1.54) is 5.57 Å². The van der Waals surface area contributed by atoms with Crippen LogP contribution in [-0.4, -0.2) is 36.4 Å². The van der Waals surface area contributed by atoms with Gasteiger partial charge < -0.3 is 14.2 Å². The molecule has 4 heteroatoms. The van der Waals surface area contributed by atoms with Crippen LogP contribution in [0.4, 0.5) is 4.39 Å². The summed E-state index contributed by atoms with van der Waals surface area (Å²) in [4.78, 5) is 0. The van der Waals surface area contributed by atoms with E-state index < -0.39 is 6.17 Å². The van der Waals surface area contributed by atoms with Crippen LogP contribution >= 0.6 is 0 Å². The second-order valence-corrected chi connectivity index (χ2v) is 9.37. The summed E-state index contributed by atoms with van der Waals surface area (Å²) >= 11 is 0. The van der Waals surface area contributed by atoms with E-state index >= 15 is 0 Å². The fourth-order valence-corrected chi connectivity index (χ4v) is 7.27. The number of ether oxygens (including phenoxy) is 3. The first-order chi connectivity index (χ1) is 11.5. The SMILES string of the molecule is C[C@]12CC=C3[C@@H](CCC45CC6(CC[C@@]34O5)OCCO6)[C@@H]1CC[C@H]2F. The zero-order chi connectivity index (χ0) is 16.2. The molecule has 132 valence electrons. The third-order valence-corrected chi connectivity index (χ3v) is 8.56. The lowest BCUT2D eigenvalue weighted by atomic mass is 9.54. The Morgan fingerprint density at radius 1 is 1.08 bits per heavy atom. The number of hydrogen-bond donors (Lipinski definition) is 0. The molecule has 0 aromatic rings. The number of allylic oxidation sites excluding steroid dienone is 1. The van der Waals surface area contributed by atoms with Crippen molar-refractivity contribution in [3.05, 3.63) is 11.6 Å². The molecule has 1 spiro atoms. The van der Waals surface area contributed by atoms with Crippen molar-refractivity contribution in [2.24, 2.45) is 17.3 Å². The lowest BCUT2D eigenvalue weighted by molar-refractivity contribution is -0.185. The average molecular weight is 334 g/mol. The number of rotatable bonds is 0. The Bertz CT molecular complexity index is 626.